The van der Waals surface area contributed by atoms with Gasteiger partial charge in [0.1, 0.15) is 6.29 Å². The maximum Gasteiger partial charge on any atom is 0.330 e. The van der Waals surface area contributed by atoms with Gasteiger partial charge in [0.2, 0.25) is 6.08 Å². The molecule has 0 aliphatic rings. The largest absolute Gasteiger partial charge is 0.466 e. The molecule has 11 aromatic carbocycles. The lowest BCUT2D eigenvalue weighted by molar-refractivity contribution is -0.135. The molecule has 0 fully saturated rings. The smallest absolute Gasteiger partial charge is 0.330 e. The van der Waals surface area contributed by atoms with Crippen molar-refractivity contribution < 1.29 is 77.4 Å². The Balaban J connectivity index is 0.000000331. The quantitative estimate of drug-likeness (QED) is 0.00248. The van der Waals surface area contributed by atoms with Crippen molar-refractivity contribution in [2.24, 2.45) is 16.6 Å². The number of rotatable bonds is 29. The number of urea groups is 2. The highest BCUT2D eigenvalue weighted by Gasteiger charge is 2.20. The number of aliphatic imine (C=N–C) groups is 1. The average molecular weight is 1710 g/mol. The lowest BCUT2D eigenvalue weighted by Gasteiger charge is -2.23. The van der Waals surface area contributed by atoms with E-state index in [0.29, 0.717) is 61.3 Å². The number of hydrogen-bond acceptors (Lipinski definition) is 19. The summed E-state index contributed by atoms with van der Waals surface area (Å²) in [6.07, 6.45) is 17.2. The third kappa shape index (κ3) is 43.1. The van der Waals surface area contributed by atoms with Gasteiger partial charge in [0.25, 0.3) is 23.6 Å². The highest BCUT2D eigenvalue weighted by molar-refractivity contribution is 6.05. The van der Waals surface area contributed by atoms with Crippen LogP contribution in [0.5, 0.6) is 0 Å². The molecule has 0 heterocycles. The molecule has 11 aromatic rings. The van der Waals surface area contributed by atoms with Crippen molar-refractivity contribution in [1.29, 1.82) is 0 Å². The molecule has 0 unspecified atom stereocenters. The first-order chi connectivity index (χ1) is 60.4. The Kier molecular flexibility index (Phi) is 50.8. The molecule has 646 valence electrons. The number of nitrogens with two attached hydrogens (primary N) is 2. The van der Waals surface area contributed by atoms with Crippen LogP contribution in [0.2, 0.25) is 0 Å². The normalized spacial score (nSPS) is 10.1. The van der Waals surface area contributed by atoms with Crippen LogP contribution in [0.3, 0.4) is 0 Å². The SMILES string of the molecule is COC(=O)/C=C/c1ccc(C=O)cc1.COC(=O)/C=C/c1ccc(CN(CCc2ccccc2)C(=O)NC(=O)c2ccccc2)cc1.COC(=O)/C=C/c1ccc(CNCCc2ccccc2)cc1.Cl.NCCc1ccccc1.NO.O=C(/C=C/c1ccc(CN(CCc2ccccc2)C(=O)NC(=O)c2ccccc2)cc1)NO.O=C=NC(=O)c1ccccc1. The minimum atomic E-state index is -0.620. The van der Waals surface area contributed by atoms with Gasteiger partial charge in [-0.15, -0.1) is 17.4 Å². The first kappa shape index (κ1) is 102. The van der Waals surface area contributed by atoms with Crippen molar-refractivity contribution in [1.82, 2.24) is 31.2 Å². The fourth-order valence-corrected chi connectivity index (χ4v) is 10.9. The Morgan fingerprint density at radius 3 is 1.00 bits per heavy atom. The minimum Gasteiger partial charge on any atom is -0.466 e. The molecule has 0 aliphatic heterocycles. The number of nitrogens with zero attached hydrogens (tertiary/aromatic N) is 3. The zero-order valence-electron chi connectivity index (χ0n) is 69.4. The third-order valence-corrected chi connectivity index (χ3v) is 17.5. The second-order valence-electron chi connectivity index (χ2n) is 26.3. The Morgan fingerprint density at radius 1 is 0.384 bits per heavy atom. The Labute approximate surface area is 733 Å². The molecule has 0 aliphatic carbocycles. The van der Waals surface area contributed by atoms with E-state index < -0.39 is 47.6 Å². The number of benzene rings is 11. The lowest BCUT2D eigenvalue weighted by Crippen LogP contribution is -2.43. The zero-order chi connectivity index (χ0) is 89.6. The van der Waals surface area contributed by atoms with E-state index in [9.17, 15) is 52.7 Å². The first-order valence-corrected chi connectivity index (χ1v) is 38.9. The molecule has 0 saturated heterocycles. The van der Waals surface area contributed by atoms with Crippen molar-refractivity contribution in [3.63, 3.8) is 0 Å². The molecule has 0 aromatic heterocycles. The van der Waals surface area contributed by atoms with Gasteiger partial charge in [-0.05, 0) is 161 Å². The molecule has 25 nitrogen and oxygen atoms in total. The monoisotopic (exact) mass is 1710 g/mol. The van der Waals surface area contributed by atoms with Crippen LogP contribution in [0.25, 0.3) is 24.3 Å². The van der Waals surface area contributed by atoms with Gasteiger partial charge in [-0.1, -0.05) is 273 Å². The van der Waals surface area contributed by atoms with E-state index in [1.807, 2.05) is 140 Å². The second-order valence-corrected chi connectivity index (χ2v) is 26.3. The number of isocyanates is 1. The van der Waals surface area contributed by atoms with Crippen molar-refractivity contribution in [3.8, 4) is 0 Å². The predicted octanol–water partition coefficient (Wildman–Crippen LogP) is 15.3. The summed E-state index contributed by atoms with van der Waals surface area (Å²) in [5, 5.41) is 23.5. The van der Waals surface area contributed by atoms with E-state index in [1.54, 1.807) is 155 Å². The summed E-state index contributed by atoms with van der Waals surface area (Å²) in [5.74, 6) is 0.273. The standard InChI is InChI=1S/C27H26N2O4.C26H25N3O4.C19H21NO2.C11H10O3.C8H5NO2.C8H11N.ClH.H3NO/c1-33-25(30)17-16-22-12-14-23(15-13-22)20-29(19-18-21-8-4-2-5-9-21)27(32)28-26(31)24-10-6-3-7-11-24;30-24(28-33)16-15-21-11-13-22(14-12-21)19-29(18-17-20-7-3-1-4-8-20)26(32)27-25(31)23-9-5-2-6-10-23;1-22-19(21)12-11-17-7-9-18(10-8-17)15-20-14-13-16-5-3-2-4-6-16;1-14-11(13)7-6-9-2-4-10(8-12)5-3-9;10-6-9-8(11)7-4-2-1-3-5-7;9-7-6-8-4-2-1-3-5-8;;1-2/h2-17H,18-20H2,1H3,(H,28,31,32);1-16,33H,17-19H2,(H,28,30)(H,27,31,32);2-12,20H,13-15H2,1H3;2-8H,1H3;1-5H;1-5H,6-7,9H2;1H;2H,1H2/b17-16+;16-15+;12-11+;7-6+;;;;. The number of hydroxylamine groups is 1. The molecule has 10 N–H and O–H groups in total. The molecule has 0 radical (unpaired) electrons. The first-order valence-electron chi connectivity index (χ1n) is 38.9. The van der Waals surface area contributed by atoms with Gasteiger partial charge in [0, 0.05) is 79.3 Å². The minimum absolute atomic E-state index is 0. The molecule has 11 rings (SSSR count). The van der Waals surface area contributed by atoms with E-state index in [0.717, 1.165) is 83.3 Å². The Bertz CT molecular complexity index is 5010. The fourth-order valence-electron chi connectivity index (χ4n) is 10.9. The molecule has 0 atom stereocenters. The van der Waals surface area contributed by atoms with Crippen molar-refractivity contribution >= 4 is 103 Å². The van der Waals surface area contributed by atoms with E-state index in [-0.39, 0.29) is 18.4 Å². The van der Waals surface area contributed by atoms with Crippen LogP contribution in [0.15, 0.2) is 339 Å². The second kappa shape index (κ2) is 62.1. The summed E-state index contributed by atoms with van der Waals surface area (Å²) in [4.78, 5) is 132. The topological polar surface area (TPSA) is 375 Å². The van der Waals surface area contributed by atoms with Crippen LogP contribution in [0.1, 0.15) is 103 Å². The summed E-state index contributed by atoms with van der Waals surface area (Å²) in [7, 11) is 4.02. The van der Waals surface area contributed by atoms with Crippen LogP contribution >= 0.6 is 12.4 Å². The molecule has 26 heteroatoms. The maximum absolute atomic E-state index is 13.0. The van der Waals surface area contributed by atoms with Gasteiger partial charge in [-0.3, -0.25) is 39.8 Å². The highest BCUT2D eigenvalue weighted by atomic mass is 35.5. The van der Waals surface area contributed by atoms with Crippen LogP contribution in [-0.4, -0.2) is 134 Å². The molecule has 125 heavy (non-hydrogen) atoms. The fraction of sp³-hybridized carbons (Fsp3) is 0.141. The third-order valence-electron chi connectivity index (χ3n) is 17.5. The molecule has 0 saturated carbocycles. The average Bonchev–Trinajstić information content (AvgIpc) is 0.863. The number of carbonyl (C=O) groups is 10. The highest BCUT2D eigenvalue weighted by Crippen LogP contribution is 2.16. The summed E-state index contributed by atoms with van der Waals surface area (Å²) >= 11 is 0. The van der Waals surface area contributed by atoms with Crippen LogP contribution in [0.4, 0.5) is 9.59 Å². The van der Waals surface area contributed by atoms with E-state index in [2.05, 4.69) is 89.6 Å². The number of halogens is 1. The zero-order valence-corrected chi connectivity index (χ0v) is 70.3. The summed E-state index contributed by atoms with van der Waals surface area (Å²) in [5.41, 5.74) is 20.0. The number of carbonyl (C=O) groups excluding carboxylic acids is 11. The van der Waals surface area contributed by atoms with Crippen molar-refractivity contribution in [2.45, 2.75) is 45.3 Å². The van der Waals surface area contributed by atoms with Gasteiger partial charge < -0.3 is 40.3 Å². The lowest BCUT2D eigenvalue weighted by atomic mass is 10.1. The van der Waals surface area contributed by atoms with Gasteiger partial charge >= 0.3 is 30.0 Å². The van der Waals surface area contributed by atoms with E-state index in [4.69, 9.17) is 16.1 Å². The number of ether oxygens (including phenoxy) is 3. The predicted molar refractivity (Wildman–Crippen MR) is 486 cm³/mol. The van der Waals surface area contributed by atoms with E-state index in [1.165, 1.54) is 73.9 Å². The van der Waals surface area contributed by atoms with Crippen LogP contribution in [0, 0.1) is 0 Å². The van der Waals surface area contributed by atoms with Crippen LogP contribution in [-0.2, 0) is 83.5 Å². The summed E-state index contributed by atoms with van der Waals surface area (Å²) < 4.78 is 13.6. The number of hydrogen-bond donors (Lipinski definition) is 8. The Morgan fingerprint density at radius 2 is 0.680 bits per heavy atom. The van der Waals surface area contributed by atoms with Gasteiger partial charge in [0.15, 0.2) is 0 Å². The Hall–Kier alpha value is -15.1. The maximum atomic E-state index is 13.0. The summed E-state index contributed by atoms with van der Waals surface area (Å²) in [6.45, 7) is 4.05. The van der Waals surface area contributed by atoms with Gasteiger partial charge in [-0.25, -0.2) is 40.1 Å². The number of imide groups is 2. The van der Waals surface area contributed by atoms with Gasteiger partial charge in [0.05, 0.1) is 21.3 Å². The number of aldehydes is 1. The number of esters is 3. The molecule has 0 spiro atoms. The molecular formula is C99H102ClN9O16. The molecule has 0 bridgehead atoms. The van der Waals surface area contributed by atoms with E-state index >= 15 is 0 Å². The van der Waals surface area contributed by atoms with Gasteiger partial charge in [-0.2, -0.15) is 0 Å². The van der Waals surface area contributed by atoms with Crippen LogP contribution < -0.4 is 33.1 Å². The summed E-state index contributed by atoms with van der Waals surface area (Å²) in [6, 6.07) is 94.9. The molecule has 8 amide bonds. The van der Waals surface area contributed by atoms with Crippen molar-refractivity contribution in [3.05, 3.63) is 417 Å². The number of nitrogens with one attached hydrogen (secondary N) is 4. The molecular weight excluding hydrogens is 1610 g/mol. The van der Waals surface area contributed by atoms with Crippen molar-refractivity contribution in [2.75, 3.05) is 47.5 Å². The number of amides is 8. The number of methoxy groups -OCH3 is 3.